The normalized spacial score (nSPS) is 12.1. The zero-order valence-corrected chi connectivity index (χ0v) is 12.9. The van der Waals surface area contributed by atoms with Gasteiger partial charge in [-0.3, -0.25) is 0 Å². The summed E-state index contributed by atoms with van der Waals surface area (Å²) in [5, 5.41) is 4.22. The molecule has 0 saturated carbocycles. The Labute approximate surface area is 116 Å². The molecule has 0 saturated heterocycles. The minimum Gasteiger partial charge on any atom is -0.319 e. The van der Waals surface area contributed by atoms with E-state index in [1.54, 1.807) is 22.7 Å². The number of nitrogens with two attached hydrogens (primary N) is 1. The lowest BCUT2D eigenvalue weighted by Crippen LogP contribution is -2.34. The van der Waals surface area contributed by atoms with Crippen LogP contribution in [0.4, 0.5) is 0 Å². The summed E-state index contributed by atoms with van der Waals surface area (Å²) in [5.41, 5.74) is 8.19. The summed E-state index contributed by atoms with van der Waals surface area (Å²) in [7, 11) is 0. The number of hydrogen-bond donors (Lipinski definition) is 1. The molecule has 3 nitrogen and oxygen atoms in total. The molecular formula is C13H19N3S2. The van der Waals surface area contributed by atoms with Crippen LogP contribution in [0.3, 0.4) is 0 Å². The van der Waals surface area contributed by atoms with Crippen LogP contribution in [0.5, 0.6) is 0 Å². The molecule has 0 aromatic carbocycles. The molecule has 18 heavy (non-hydrogen) atoms. The van der Waals surface area contributed by atoms with E-state index in [0.717, 1.165) is 34.2 Å². The van der Waals surface area contributed by atoms with Crippen molar-refractivity contribution in [1.82, 2.24) is 9.97 Å². The Balaban J connectivity index is 2.39. The molecule has 2 heterocycles. The molecule has 0 radical (unpaired) electrons. The number of aromatic nitrogens is 2. The molecule has 98 valence electrons. The second-order valence-electron chi connectivity index (χ2n) is 4.55. The van der Waals surface area contributed by atoms with E-state index in [2.05, 4.69) is 24.2 Å². The van der Waals surface area contributed by atoms with Crippen molar-refractivity contribution in [3.63, 3.8) is 0 Å². The molecule has 2 rings (SSSR count). The first-order valence-corrected chi connectivity index (χ1v) is 7.89. The Hall–Kier alpha value is -0.780. The Morgan fingerprint density at radius 1 is 1.22 bits per heavy atom. The van der Waals surface area contributed by atoms with Crippen molar-refractivity contribution in [1.29, 1.82) is 0 Å². The van der Waals surface area contributed by atoms with Crippen LogP contribution in [0.25, 0.3) is 10.6 Å². The smallest absolute Gasteiger partial charge is 0.113 e. The summed E-state index contributed by atoms with van der Waals surface area (Å²) >= 11 is 3.36. The van der Waals surface area contributed by atoms with Gasteiger partial charge in [-0.2, -0.15) is 0 Å². The molecule has 2 aromatic rings. The van der Waals surface area contributed by atoms with Crippen molar-refractivity contribution in [2.45, 2.75) is 46.1 Å². The molecule has 0 amide bonds. The molecule has 0 atom stereocenters. The van der Waals surface area contributed by atoms with Gasteiger partial charge in [0.1, 0.15) is 5.01 Å². The zero-order chi connectivity index (χ0) is 13.3. The molecular weight excluding hydrogens is 262 g/mol. The molecule has 0 bridgehead atoms. The lowest BCUT2D eigenvalue weighted by Gasteiger charge is -2.23. The molecule has 0 aliphatic heterocycles. The van der Waals surface area contributed by atoms with Gasteiger partial charge < -0.3 is 5.73 Å². The van der Waals surface area contributed by atoms with E-state index in [1.807, 2.05) is 13.8 Å². The fraction of sp³-hybridized carbons (Fsp3) is 0.538. The Bertz CT molecular complexity index is 538. The van der Waals surface area contributed by atoms with Gasteiger partial charge in [0, 0.05) is 5.38 Å². The maximum absolute atomic E-state index is 6.39. The first-order valence-electron chi connectivity index (χ1n) is 6.19. The fourth-order valence-corrected chi connectivity index (χ4v) is 3.95. The van der Waals surface area contributed by atoms with Crippen molar-refractivity contribution in [2.75, 3.05) is 0 Å². The van der Waals surface area contributed by atoms with Crippen molar-refractivity contribution < 1.29 is 0 Å². The second kappa shape index (κ2) is 5.07. The van der Waals surface area contributed by atoms with Gasteiger partial charge in [0.25, 0.3) is 0 Å². The van der Waals surface area contributed by atoms with Crippen LogP contribution >= 0.6 is 22.7 Å². The van der Waals surface area contributed by atoms with Gasteiger partial charge in [0.15, 0.2) is 0 Å². The van der Waals surface area contributed by atoms with Gasteiger partial charge in [-0.05, 0) is 26.7 Å². The summed E-state index contributed by atoms with van der Waals surface area (Å²) in [5.74, 6) is 0. The second-order valence-corrected chi connectivity index (χ2v) is 6.61. The number of aryl methyl sites for hydroxylation is 2. The molecule has 0 aliphatic carbocycles. The predicted molar refractivity (Wildman–Crippen MR) is 79.1 cm³/mol. The lowest BCUT2D eigenvalue weighted by molar-refractivity contribution is 0.411. The maximum atomic E-state index is 6.39. The van der Waals surface area contributed by atoms with Crippen molar-refractivity contribution in [3.8, 4) is 10.6 Å². The van der Waals surface area contributed by atoms with E-state index in [-0.39, 0.29) is 5.54 Å². The first kappa shape index (κ1) is 13.6. The van der Waals surface area contributed by atoms with Gasteiger partial charge in [-0.25, -0.2) is 9.97 Å². The third-order valence-corrected chi connectivity index (χ3v) is 5.49. The molecule has 2 aromatic heterocycles. The van der Waals surface area contributed by atoms with Gasteiger partial charge in [0.2, 0.25) is 0 Å². The number of hydrogen-bond acceptors (Lipinski definition) is 5. The third-order valence-electron chi connectivity index (χ3n) is 3.33. The monoisotopic (exact) mass is 281 g/mol. The van der Waals surface area contributed by atoms with Crippen molar-refractivity contribution in [3.05, 3.63) is 21.1 Å². The van der Waals surface area contributed by atoms with E-state index in [9.17, 15) is 0 Å². The third kappa shape index (κ3) is 2.35. The van der Waals surface area contributed by atoms with Gasteiger partial charge in [-0.1, -0.05) is 13.8 Å². The summed E-state index contributed by atoms with van der Waals surface area (Å²) in [6.45, 7) is 8.30. The van der Waals surface area contributed by atoms with Gasteiger partial charge in [-0.15, -0.1) is 22.7 Å². The van der Waals surface area contributed by atoms with Crippen LogP contribution in [0.15, 0.2) is 5.38 Å². The van der Waals surface area contributed by atoms with Crippen LogP contribution in [-0.2, 0) is 5.54 Å². The van der Waals surface area contributed by atoms with Crippen LogP contribution in [0.1, 0.15) is 42.4 Å². The Kier molecular flexibility index (Phi) is 3.84. The van der Waals surface area contributed by atoms with Crippen LogP contribution < -0.4 is 5.73 Å². The minimum atomic E-state index is -0.281. The Morgan fingerprint density at radius 2 is 1.89 bits per heavy atom. The molecule has 0 unspecified atom stereocenters. The molecule has 0 aliphatic rings. The van der Waals surface area contributed by atoms with Gasteiger partial charge >= 0.3 is 0 Å². The summed E-state index contributed by atoms with van der Waals surface area (Å²) in [6, 6.07) is 0. The lowest BCUT2D eigenvalue weighted by atomic mass is 9.95. The average molecular weight is 281 g/mol. The molecule has 2 N–H and O–H groups in total. The van der Waals surface area contributed by atoms with Crippen LogP contribution in [0, 0.1) is 13.8 Å². The standard InChI is InChI=1S/C13H19N3S2/c1-5-13(14,6-2)12-16-10(7-17-12)11-8(3)15-9(4)18-11/h7H,5-6,14H2,1-4H3. The van der Waals surface area contributed by atoms with E-state index in [4.69, 9.17) is 10.7 Å². The highest BCUT2D eigenvalue weighted by molar-refractivity contribution is 7.16. The van der Waals surface area contributed by atoms with E-state index < -0.39 is 0 Å². The maximum Gasteiger partial charge on any atom is 0.113 e. The number of nitrogens with zero attached hydrogens (tertiary/aromatic N) is 2. The van der Waals surface area contributed by atoms with E-state index in [0.29, 0.717) is 0 Å². The summed E-state index contributed by atoms with van der Waals surface area (Å²) in [4.78, 5) is 10.4. The molecule has 5 heteroatoms. The van der Waals surface area contributed by atoms with Crippen LogP contribution in [0.2, 0.25) is 0 Å². The minimum absolute atomic E-state index is 0.281. The van der Waals surface area contributed by atoms with E-state index >= 15 is 0 Å². The highest BCUT2D eigenvalue weighted by Crippen LogP contribution is 2.35. The topological polar surface area (TPSA) is 51.8 Å². The first-order chi connectivity index (χ1) is 8.50. The zero-order valence-electron chi connectivity index (χ0n) is 11.3. The number of thiazole rings is 2. The number of rotatable bonds is 4. The highest BCUT2D eigenvalue weighted by Gasteiger charge is 2.27. The highest BCUT2D eigenvalue weighted by atomic mass is 32.1. The predicted octanol–water partition coefficient (Wildman–Crippen LogP) is 3.86. The summed E-state index contributed by atoms with van der Waals surface area (Å²) < 4.78 is 0. The SMILES string of the molecule is CCC(N)(CC)c1nc(-c2sc(C)nc2C)cs1. The summed E-state index contributed by atoms with van der Waals surface area (Å²) in [6.07, 6.45) is 1.83. The molecule has 0 spiro atoms. The molecule has 0 fully saturated rings. The van der Waals surface area contributed by atoms with Crippen LogP contribution in [-0.4, -0.2) is 9.97 Å². The van der Waals surface area contributed by atoms with E-state index in [1.165, 1.54) is 4.88 Å². The quantitative estimate of drug-likeness (QED) is 0.926. The average Bonchev–Trinajstić information content (AvgIpc) is 2.95. The Morgan fingerprint density at radius 3 is 2.39 bits per heavy atom. The fourth-order valence-electron chi connectivity index (χ4n) is 1.93. The van der Waals surface area contributed by atoms with Crippen molar-refractivity contribution >= 4 is 22.7 Å². The van der Waals surface area contributed by atoms with Crippen molar-refractivity contribution in [2.24, 2.45) is 5.73 Å². The van der Waals surface area contributed by atoms with Gasteiger partial charge in [0.05, 0.1) is 26.8 Å². The largest absolute Gasteiger partial charge is 0.319 e.